The number of aliphatic hydroxyl groups excluding tert-OH is 1. The Hall–Kier alpha value is -2.22. The number of nitrogens with one attached hydrogen (secondary N) is 1. The molecule has 0 atom stereocenters. The number of rotatable bonds is 6. The van der Waals surface area contributed by atoms with Gasteiger partial charge in [0.25, 0.3) is 11.4 Å². The Bertz CT molecular complexity index is 501. The quantitative estimate of drug-likeness (QED) is 0.602. The van der Waals surface area contributed by atoms with Crippen LogP contribution in [0.4, 0.5) is 17.1 Å². The maximum atomic E-state index is 10.9. The third-order valence-corrected chi connectivity index (χ3v) is 2.60. The minimum absolute atomic E-state index is 0.0687. The van der Waals surface area contributed by atoms with Crippen molar-refractivity contribution in [3.05, 3.63) is 38.4 Å². The Balaban J connectivity index is 3.14. The van der Waals surface area contributed by atoms with Crippen LogP contribution in [-0.2, 0) is 0 Å². The number of hydrogen-bond acceptors (Lipinski definition) is 6. The van der Waals surface area contributed by atoms with E-state index < -0.39 is 15.4 Å². The highest BCUT2D eigenvalue weighted by Crippen LogP contribution is 2.31. The lowest BCUT2D eigenvalue weighted by Crippen LogP contribution is -2.32. The zero-order valence-corrected chi connectivity index (χ0v) is 10.6. The van der Waals surface area contributed by atoms with Gasteiger partial charge >= 0.3 is 0 Å². The molecule has 0 fully saturated rings. The van der Waals surface area contributed by atoms with Crippen LogP contribution in [0.25, 0.3) is 0 Å². The molecule has 0 heterocycles. The van der Waals surface area contributed by atoms with Gasteiger partial charge in [-0.2, -0.15) is 0 Å². The summed E-state index contributed by atoms with van der Waals surface area (Å²) in [5.74, 6) is 0. The van der Waals surface area contributed by atoms with Gasteiger partial charge in [-0.1, -0.05) is 0 Å². The smallest absolute Gasteiger partial charge is 0.299 e. The lowest BCUT2D eigenvalue weighted by Gasteiger charge is -2.26. The summed E-state index contributed by atoms with van der Waals surface area (Å²) < 4.78 is 0. The van der Waals surface area contributed by atoms with E-state index in [4.69, 9.17) is 5.11 Å². The predicted octanol–water partition coefficient (Wildman–Crippen LogP) is 2.08. The van der Waals surface area contributed by atoms with Crippen LogP contribution in [-0.4, -0.2) is 27.1 Å². The van der Waals surface area contributed by atoms with Gasteiger partial charge in [0.1, 0.15) is 5.69 Å². The zero-order valence-electron chi connectivity index (χ0n) is 10.6. The van der Waals surface area contributed by atoms with Crippen molar-refractivity contribution in [2.75, 3.05) is 11.9 Å². The zero-order chi connectivity index (χ0) is 14.6. The Labute approximate surface area is 109 Å². The number of aliphatic hydroxyl groups is 1. The topological polar surface area (TPSA) is 119 Å². The summed E-state index contributed by atoms with van der Waals surface area (Å²) in [5.41, 5.74) is -1.07. The van der Waals surface area contributed by atoms with Crippen molar-refractivity contribution in [1.29, 1.82) is 0 Å². The number of non-ortho nitro benzene ring substituents is 1. The molecule has 0 radical (unpaired) electrons. The highest BCUT2D eigenvalue weighted by molar-refractivity contribution is 5.66. The fourth-order valence-electron chi connectivity index (χ4n) is 1.60. The maximum Gasteiger partial charge on any atom is 0.299 e. The molecular formula is C11H15N3O5. The van der Waals surface area contributed by atoms with Crippen LogP contribution in [0.15, 0.2) is 18.2 Å². The summed E-state index contributed by atoms with van der Waals surface area (Å²) in [5, 5.41) is 33.4. The van der Waals surface area contributed by atoms with Crippen LogP contribution in [0, 0.1) is 20.2 Å². The monoisotopic (exact) mass is 269 g/mol. The molecule has 8 heteroatoms. The van der Waals surface area contributed by atoms with Gasteiger partial charge < -0.3 is 10.4 Å². The Kier molecular flexibility index (Phi) is 4.38. The average molecular weight is 269 g/mol. The molecule has 104 valence electrons. The molecule has 0 amide bonds. The van der Waals surface area contributed by atoms with E-state index in [9.17, 15) is 20.2 Å². The second-order valence-corrected chi connectivity index (χ2v) is 4.70. The van der Waals surface area contributed by atoms with Crippen LogP contribution >= 0.6 is 0 Å². The lowest BCUT2D eigenvalue weighted by atomic mass is 10.0. The highest BCUT2D eigenvalue weighted by Gasteiger charge is 2.24. The maximum absolute atomic E-state index is 10.9. The summed E-state index contributed by atoms with van der Waals surface area (Å²) in [7, 11) is 0. The third kappa shape index (κ3) is 3.88. The minimum Gasteiger partial charge on any atom is -0.396 e. The first-order valence-corrected chi connectivity index (χ1v) is 5.59. The number of nitro groups is 2. The summed E-state index contributed by atoms with van der Waals surface area (Å²) in [6.07, 6.45) is 0.390. The third-order valence-electron chi connectivity index (χ3n) is 2.60. The largest absolute Gasteiger partial charge is 0.396 e. The average Bonchev–Trinajstić information content (AvgIpc) is 2.27. The number of nitro benzene ring substituents is 2. The first-order valence-electron chi connectivity index (χ1n) is 5.59. The van der Waals surface area contributed by atoms with Crippen LogP contribution < -0.4 is 5.32 Å². The highest BCUT2D eigenvalue weighted by atomic mass is 16.6. The van der Waals surface area contributed by atoms with E-state index in [0.717, 1.165) is 6.07 Å². The van der Waals surface area contributed by atoms with Gasteiger partial charge in [-0.05, 0) is 26.3 Å². The number of nitrogens with zero attached hydrogens (tertiary/aromatic N) is 2. The molecular weight excluding hydrogens is 254 g/mol. The standard InChI is InChI=1S/C11H15N3O5/c1-11(2,5-6-15)12-9-4-3-8(13(16)17)7-10(9)14(18)19/h3-4,7,12,15H,5-6H2,1-2H3. The molecule has 1 aromatic rings. The fourth-order valence-corrected chi connectivity index (χ4v) is 1.60. The second kappa shape index (κ2) is 5.61. The number of hydrogen-bond donors (Lipinski definition) is 2. The lowest BCUT2D eigenvalue weighted by molar-refractivity contribution is -0.393. The van der Waals surface area contributed by atoms with Gasteiger partial charge in [0.2, 0.25) is 0 Å². The van der Waals surface area contributed by atoms with Crippen LogP contribution in [0.2, 0.25) is 0 Å². The molecule has 0 aromatic heterocycles. The van der Waals surface area contributed by atoms with Crippen LogP contribution in [0.3, 0.4) is 0 Å². The van der Waals surface area contributed by atoms with E-state index in [1.807, 2.05) is 0 Å². The molecule has 0 saturated heterocycles. The first kappa shape index (κ1) is 14.8. The van der Waals surface area contributed by atoms with Gasteiger partial charge in [-0.25, -0.2) is 0 Å². The molecule has 0 bridgehead atoms. The van der Waals surface area contributed by atoms with Crippen molar-refractivity contribution in [2.45, 2.75) is 25.8 Å². The van der Waals surface area contributed by atoms with E-state index in [0.29, 0.717) is 6.42 Å². The molecule has 0 aliphatic rings. The van der Waals surface area contributed by atoms with Crippen molar-refractivity contribution in [1.82, 2.24) is 0 Å². The van der Waals surface area contributed by atoms with Gasteiger partial charge in [0.05, 0.1) is 15.9 Å². The first-order chi connectivity index (χ1) is 8.76. The molecule has 0 saturated carbocycles. The van der Waals surface area contributed by atoms with E-state index >= 15 is 0 Å². The summed E-state index contributed by atoms with van der Waals surface area (Å²) >= 11 is 0. The SMILES string of the molecule is CC(C)(CCO)Nc1ccc([N+](=O)[O-])cc1[N+](=O)[O-]. The van der Waals surface area contributed by atoms with E-state index in [-0.39, 0.29) is 23.7 Å². The van der Waals surface area contributed by atoms with Crippen LogP contribution in [0.1, 0.15) is 20.3 Å². The molecule has 1 aromatic carbocycles. The van der Waals surface area contributed by atoms with E-state index in [1.165, 1.54) is 12.1 Å². The van der Waals surface area contributed by atoms with Gasteiger partial charge in [0, 0.05) is 18.2 Å². The Morgan fingerprint density at radius 3 is 2.37 bits per heavy atom. The molecule has 2 N–H and O–H groups in total. The minimum atomic E-state index is -0.685. The van der Waals surface area contributed by atoms with Gasteiger partial charge in [0.15, 0.2) is 0 Å². The summed E-state index contributed by atoms with van der Waals surface area (Å²) in [6, 6.07) is 3.41. The molecule has 1 rings (SSSR count). The Morgan fingerprint density at radius 2 is 1.89 bits per heavy atom. The predicted molar refractivity (Wildman–Crippen MR) is 69.2 cm³/mol. The van der Waals surface area contributed by atoms with Crippen molar-refractivity contribution >= 4 is 17.1 Å². The van der Waals surface area contributed by atoms with Crippen LogP contribution in [0.5, 0.6) is 0 Å². The molecule has 8 nitrogen and oxygen atoms in total. The van der Waals surface area contributed by atoms with Gasteiger partial charge in [-0.15, -0.1) is 0 Å². The normalized spacial score (nSPS) is 11.1. The molecule has 19 heavy (non-hydrogen) atoms. The van der Waals surface area contributed by atoms with Crippen molar-refractivity contribution in [3.63, 3.8) is 0 Å². The van der Waals surface area contributed by atoms with Gasteiger partial charge in [-0.3, -0.25) is 20.2 Å². The number of anilines is 1. The van der Waals surface area contributed by atoms with E-state index in [1.54, 1.807) is 13.8 Å². The Morgan fingerprint density at radius 1 is 1.26 bits per heavy atom. The summed E-state index contributed by atoms with van der Waals surface area (Å²) in [6.45, 7) is 3.48. The molecule has 0 aliphatic carbocycles. The molecule has 0 aliphatic heterocycles. The van der Waals surface area contributed by atoms with Crippen molar-refractivity contribution in [2.24, 2.45) is 0 Å². The molecule has 0 spiro atoms. The fraction of sp³-hybridized carbons (Fsp3) is 0.455. The molecule has 0 unspecified atom stereocenters. The van der Waals surface area contributed by atoms with E-state index in [2.05, 4.69) is 5.32 Å². The number of benzene rings is 1. The summed E-state index contributed by atoms with van der Waals surface area (Å²) in [4.78, 5) is 20.2. The van der Waals surface area contributed by atoms with Crippen molar-refractivity contribution in [3.8, 4) is 0 Å². The second-order valence-electron chi connectivity index (χ2n) is 4.70. The van der Waals surface area contributed by atoms with Crippen molar-refractivity contribution < 1.29 is 15.0 Å².